The highest BCUT2D eigenvalue weighted by atomic mass is 32.1. The number of Topliss-reactive ketones (excluding diaryl/α,β-unsaturated/α-hetero) is 2. The molecule has 1 aromatic heterocycles. The summed E-state index contributed by atoms with van der Waals surface area (Å²) in [6, 6.07) is 0. The lowest BCUT2D eigenvalue weighted by Crippen LogP contribution is -2.09. The molecule has 0 saturated heterocycles. The van der Waals surface area contributed by atoms with Crippen molar-refractivity contribution < 1.29 is 9.59 Å². The van der Waals surface area contributed by atoms with Gasteiger partial charge in [-0.25, -0.2) is 4.98 Å². The van der Waals surface area contributed by atoms with Gasteiger partial charge >= 0.3 is 0 Å². The van der Waals surface area contributed by atoms with Crippen LogP contribution in [0.15, 0.2) is 0 Å². The molecule has 1 aromatic rings. The first-order valence-electron chi connectivity index (χ1n) is 5.03. The standard InChI is InChI=1S/C11H15NO2S/c1-4-5-9(13)6-10(14)11-7(2)15-8(3)12-11/h4-6H2,1-3H3. The summed E-state index contributed by atoms with van der Waals surface area (Å²) in [4.78, 5) is 28.0. The van der Waals surface area contributed by atoms with E-state index in [1.807, 2.05) is 20.8 Å². The minimum Gasteiger partial charge on any atom is -0.299 e. The van der Waals surface area contributed by atoms with E-state index in [-0.39, 0.29) is 18.0 Å². The summed E-state index contributed by atoms with van der Waals surface area (Å²) >= 11 is 1.49. The Hall–Kier alpha value is -1.03. The first kappa shape index (κ1) is 12.0. The summed E-state index contributed by atoms with van der Waals surface area (Å²) in [7, 11) is 0. The highest BCUT2D eigenvalue weighted by molar-refractivity contribution is 7.11. The van der Waals surface area contributed by atoms with Gasteiger partial charge in [0.1, 0.15) is 11.5 Å². The Kier molecular flexibility index (Phi) is 4.15. The maximum Gasteiger partial charge on any atom is 0.189 e. The van der Waals surface area contributed by atoms with Crippen molar-refractivity contribution in [2.24, 2.45) is 0 Å². The van der Waals surface area contributed by atoms with Crippen molar-refractivity contribution in [3.63, 3.8) is 0 Å². The molecule has 82 valence electrons. The fourth-order valence-electron chi connectivity index (χ4n) is 1.42. The van der Waals surface area contributed by atoms with Crippen molar-refractivity contribution in [2.75, 3.05) is 0 Å². The molecule has 0 N–H and O–H groups in total. The predicted molar refractivity (Wildman–Crippen MR) is 60.5 cm³/mol. The van der Waals surface area contributed by atoms with Gasteiger partial charge in [0.25, 0.3) is 0 Å². The molecular formula is C11H15NO2S. The number of nitrogens with zero attached hydrogens (tertiary/aromatic N) is 1. The van der Waals surface area contributed by atoms with E-state index in [1.165, 1.54) is 11.3 Å². The molecule has 0 aliphatic carbocycles. The number of carbonyl (C=O) groups is 2. The Morgan fingerprint density at radius 3 is 2.47 bits per heavy atom. The fourth-order valence-corrected chi connectivity index (χ4v) is 2.25. The molecule has 0 aliphatic heterocycles. The molecule has 0 unspecified atom stereocenters. The first-order chi connectivity index (χ1) is 7.04. The van der Waals surface area contributed by atoms with Crippen LogP contribution < -0.4 is 0 Å². The van der Waals surface area contributed by atoms with Crippen LogP contribution in [0.3, 0.4) is 0 Å². The number of thiazole rings is 1. The molecule has 0 spiro atoms. The van der Waals surface area contributed by atoms with E-state index in [1.54, 1.807) is 0 Å². The van der Waals surface area contributed by atoms with Crippen LogP contribution in [-0.4, -0.2) is 16.6 Å². The number of rotatable bonds is 5. The van der Waals surface area contributed by atoms with E-state index >= 15 is 0 Å². The minimum atomic E-state index is -0.143. The van der Waals surface area contributed by atoms with Crippen molar-refractivity contribution in [3.8, 4) is 0 Å². The lowest BCUT2D eigenvalue weighted by molar-refractivity contribution is -0.118. The van der Waals surface area contributed by atoms with Gasteiger partial charge in [-0.3, -0.25) is 9.59 Å². The second-order valence-electron chi connectivity index (χ2n) is 3.53. The van der Waals surface area contributed by atoms with Crippen molar-refractivity contribution in [3.05, 3.63) is 15.6 Å². The molecule has 3 nitrogen and oxygen atoms in total. The summed E-state index contributed by atoms with van der Waals surface area (Å²) in [6.45, 7) is 5.66. The zero-order valence-electron chi connectivity index (χ0n) is 9.29. The van der Waals surface area contributed by atoms with Crippen LogP contribution in [0.5, 0.6) is 0 Å². The maximum absolute atomic E-state index is 11.7. The van der Waals surface area contributed by atoms with Gasteiger partial charge in [-0.15, -0.1) is 11.3 Å². The van der Waals surface area contributed by atoms with Crippen LogP contribution in [0.2, 0.25) is 0 Å². The van der Waals surface area contributed by atoms with Gasteiger partial charge in [0.05, 0.1) is 11.4 Å². The summed E-state index contributed by atoms with van der Waals surface area (Å²) in [5.41, 5.74) is 0.474. The Balaban J connectivity index is 2.69. The Morgan fingerprint density at radius 2 is 2.00 bits per heavy atom. The van der Waals surface area contributed by atoms with Crippen LogP contribution in [0, 0.1) is 13.8 Å². The quantitative estimate of drug-likeness (QED) is 0.571. The van der Waals surface area contributed by atoms with Gasteiger partial charge in [-0.2, -0.15) is 0 Å². The molecule has 0 atom stereocenters. The van der Waals surface area contributed by atoms with Crippen molar-refractivity contribution >= 4 is 22.9 Å². The highest BCUT2D eigenvalue weighted by Crippen LogP contribution is 2.18. The van der Waals surface area contributed by atoms with Gasteiger partial charge in [0.2, 0.25) is 0 Å². The van der Waals surface area contributed by atoms with Crippen molar-refractivity contribution in [1.29, 1.82) is 0 Å². The fraction of sp³-hybridized carbons (Fsp3) is 0.545. The topological polar surface area (TPSA) is 47.0 Å². The van der Waals surface area contributed by atoms with E-state index < -0.39 is 0 Å². The molecule has 0 aromatic carbocycles. The van der Waals surface area contributed by atoms with Crippen molar-refractivity contribution in [2.45, 2.75) is 40.0 Å². The largest absolute Gasteiger partial charge is 0.299 e. The average molecular weight is 225 g/mol. The number of carbonyl (C=O) groups excluding carboxylic acids is 2. The van der Waals surface area contributed by atoms with E-state index in [9.17, 15) is 9.59 Å². The normalized spacial score (nSPS) is 10.3. The van der Waals surface area contributed by atoms with Crippen LogP contribution in [0.1, 0.15) is 46.6 Å². The van der Waals surface area contributed by atoms with Gasteiger partial charge in [-0.05, 0) is 20.3 Å². The number of ketones is 2. The second kappa shape index (κ2) is 5.16. The molecule has 1 heterocycles. The smallest absolute Gasteiger partial charge is 0.189 e. The molecule has 0 amide bonds. The molecule has 4 heteroatoms. The highest BCUT2D eigenvalue weighted by Gasteiger charge is 2.16. The number of hydrogen-bond acceptors (Lipinski definition) is 4. The summed E-state index contributed by atoms with van der Waals surface area (Å²) < 4.78 is 0. The van der Waals surface area contributed by atoms with Gasteiger partial charge < -0.3 is 0 Å². The molecule has 15 heavy (non-hydrogen) atoms. The third-order valence-electron chi connectivity index (χ3n) is 2.05. The van der Waals surface area contributed by atoms with E-state index in [4.69, 9.17) is 0 Å². The molecule has 0 fully saturated rings. The Morgan fingerprint density at radius 1 is 1.33 bits per heavy atom. The molecule has 0 bridgehead atoms. The zero-order valence-corrected chi connectivity index (χ0v) is 10.1. The third kappa shape index (κ3) is 3.23. The van der Waals surface area contributed by atoms with Gasteiger partial charge in [0.15, 0.2) is 5.78 Å². The first-order valence-corrected chi connectivity index (χ1v) is 5.85. The van der Waals surface area contributed by atoms with Crippen LogP contribution >= 0.6 is 11.3 Å². The number of hydrogen-bond donors (Lipinski definition) is 0. The molecule has 0 aliphatic rings. The minimum absolute atomic E-state index is 0.00213. The van der Waals surface area contributed by atoms with E-state index in [0.29, 0.717) is 12.1 Å². The number of aryl methyl sites for hydroxylation is 2. The van der Waals surface area contributed by atoms with Crippen LogP contribution in [-0.2, 0) is 4.79 Å². The molecular weight excluding hydrogens is 210 g/mol. The Bertz CT molecular complexity index is 382. The zero-order chi connectivity index (χ0) is 11.4. The molecule has 0 radical (unpaired) electrons. The summed E-state index contributed by atoms with van der Waals surface area (Å²) in [5.74, 6) is -0.136. The molecule has 0 saturated carbocycles. The lowest BCUT2D eigenvalue weighted by atomic mass is 10.1. The monoisotopic (exact) mass is 225 g/mol. The van der Waals surface area contributed by atoms with E-state index in [2.05, 4.69) is 4.98 Å². The lowest BCUT2D eigenvalue weighted by Gasteiger charge is -1.97. The van der Waals surface area contributed by atoms with Crippen molar-refractivity contribution in [1.82, 2.24) is 4.98 Å². The van der Waals surface area contributed by atoms with Crippen LogP contribution in [0.25, 0.3) is 0 Å². The second-order valence-corrected chi connectivity index (χ2v) is 4.93. The SMILES string of the molecule is CCCC(=O)CC(=O)c1nc(C)sc1C. The third-order valence-corrected chi connectivity index (χ3v) is 2.94. The maximum atomic E-state index is 11.7. The molecule has 1 rings (SSSR count). The van der Waals surface area contributed by atoms with Gasteiger partial charge in [0, 0.05) is 11.3 Å². The number of aromatic nitrogens is 1. The van der Waals surface area contributed by atoms with Gasteiger partial charge in [-0.1, -0.05) is 6.92 Å². The predicted octanol–water partition coefficient (Wildman–Crippen LogP) is 2.70. The summed E-state index contributed by atoms with van der Waals surface area (Å²) in [5, 5.41) is 0.874. The van der Waals surface area contributed by atoms with Crippen LogP contribution in [0.4, 0.5) is 0 Å². The Labute approximate surface area is 93.5 Å². The average Bonchev–Trinajstić information content (AvgIpc) is 2.45. The van der Waals surface area contributed by atoms with E-state index in [0.717, 1.165) is 16.3 Å². The summed E-state index contributed by atoms with van der Waals surface area (Å²) in [6.07, 6.45) is 1.27.